The van der Waals surface area contributed by atoms with Crippen molar-refractivity contribution in [2.24, 2.45) is 0 Å². The molecule has 2 nitrogen and oxygen atoms in total. The summed E-state index contributed by atoms with van der Waals surface area (Å²) in [6.07, 6.45) is 6.40. The summed E-state index contributed by atoms with van der Waals surface area (Å²) in [5, 5.41) is 10.8. The molecule has 0 radical (unpaired) electrons. The van der Waals surface area contributed by atoms with Gasteiger partial charge in [0.05, 0.1) is 0 Å². The summed E-state index contributed by atoms with van der Waals surface area (Å²) in [5.41, 5.74) is 0. The molecular formula is C5H12NOP. The number of hydrogen-bond donors (Lipinski definition) is 2. The van der Waals surface area contributed by atoms with E-state index >= 15 is 0 Å². The molecule has 0 unspecified atom stereocenters. The third-order valence-corrected chi connectivity index (χ3v) is 3.49. The Balaban J connectivity index is 2.13. The maximum Gasteiger partial charge on any atom is -0.0101 e. The molecule has 0 aliphatic carbocycles. The fourth-order valence-corrected chi connectivity index (χ4v) is 2.63. The Morgan fingerprint density at radius 2 is 1.75 bits per heavy atom. The number of hydrogen-bond acceptors (Lipinski definition) is 2. The second-order valence-corrected chi connectivity index (χ2v) is 4.32. The average Bonchev–Trinajstić information content (AvgIpc) is 1.90. The molecule has 0 aromatic carbocycles. The van der Waals surface area contributed by atoms with E-state index in [4.69, 9.17) is 5.21 Å². The van der Waals surface area contributed by atoms with Gasteiger partial charge in [0.1, 0.15) is 0 Å². The summed E-state index contributed by atoms with van der Waals surface area (Å²) in [7, 11) is -0.164. The lowest BCUT2D eigenvalue weighted by atomic mass is 10.3. The quantitative estimate of drug-likeness (QED) is 0.420. The van der Waals surface area contributed by atoms with Crippen molar-refractivity contribution in [1.82, 2.24) is 5.25 Å². The van der Waals surface area contributed by atoms with Crippen molar-refractivity contribution in [2.45, 2.75) is 19.3 Å². The zero-order valence-corrected chi connectivity index (χ0v) is 5.82. The van der Waals surface area contributed by atoms with Gasteiger partial charge >= 0.3 is 0 Å². The summed E-state index contributed by atoms with van der Waals surface area (Å²) < 4.78 is 0. The standard InChI is InChI=1S/C5H12NOP/c7-6-8-4-2-1-3-5-8/h6-7H,1-5H2. The van der Waals surface area contributed by atoms with Crippen molar-refractivity contribution in [2.75, 3.05) is 12.3 Å². The van der Waals surface area contributed by atoms with Gasteiger partial charge in [0.15, 0.2) is 0 Å². The molecule has 0 aromatic rings. The van der Waals surface area contributed by atoms with E-state index in [0.29, 0.717) is 0 Å². The molecule has 2 N–H and O–H groups in total. The van der Waals surface area contributed by atoms with Crippen LogP contribution >= 0.6 is 8.07 Å². The van der Waals surface area contributed by atoms with Crippen molar-refractivity contribution in [3.63, 3.8) is 0 Å². The molecule has 0 bridgehead atoms. The Bertz CT molecular complexity index is 63.4. The predicted molar refractivity (Wildman–Crippen MR) is 35.4 cm³/mol. The Kier molecular flexibility index (Phi) is 2.74. The molecule has 3 heteroatoms. The van der Waals surface area contributed by atoms with Crippen molar-refractivity contribution >= 4 is 8.07 Å². The van der Waals surface area contributed by atoms with Crippen LogP contribution in [0.15, 0.2) is 0 Å². The summed E-state index contributed by atoms with van der Waals surface area (Å²) in [6, 6.07) is 0. The highest BCUT2D eigenvalue weighted by Gasteiger charge is 2.10. The molecule has 1 fully saturated rings. The van der Waals surface area contributed by atoms with Crippen LogP contribution in [0.1, 0.15) is 19.3 Å². The van der Waals surface area contributed by atoms with Gasteiger partial charge in [0.25, 0.3) is 0 Å². The molecule has 0 spiro atoms. The van der Waals surface area contributed by atoms with Crippen molar-refractivity contribution in [1.29, 1.82) is 0 Å². The molecule has 0 atom stereocenters. The molecular weight excluding hydrogens is 121 g/mol. The molecule has 1 aliphatic heterocycles. The van der Waals surface area contributed by atoms with E-state index in [2.05, 4.69) is 5.25 Å². The summed E-state index contributed by atoms with van der Waals surface area (Å²) in [6.45, 7) is 0. The summed E-state index contributed by atoms with van der Waals surface area (Å²) in [5.74, 6) is 0. The average molecular weight is 133 g/mol. The van der Waals surface area contributed by atoms with E-state index < -0.39 is 0 Å². The maximum atomic E-state index is 8.47. The van der Waals surface area contributed by atoms with E-state index in [1.807, 2.05) is 0 Å². The van der Waals surface area contributed by atoms with Gasteiger partial charge in [-0.3, -0.25) is 0 Å². The normalized spacial score (nSPS) is 23.6. The lowest BCUT2D eigenvalue weighted by Gasteiger charge is -2.19. The largest absolute Gasteiger partial charge is 0.313 e. The van der Waals surface area contributed by atoms with Crippen LogP contribution in [0.4, 0.5) is 0 Å². The van der Waals surface area contributed by atoms with Crippen LogP contribution in [0.3, 0.4) is 0 Å². The van der Waals surface area contributed by atoms with E-state index in [1.165, 1.54) is 31.6 Å². The smallest absolute Gasteiger partial charge is 0.0101 e. The molecule has 1 rings (SSSR count). The van der Waals surface area contributed by atoms with Gasteiger partial charge in [-0.25, -0.2) is 0 Å². The molecule has 0 aromatic heterocycles. The highest BCUT2D eigenvalue weighted by molar-refractivity contribution is 7.55. The first-order valence-electron chi connectivity index (χ1n) is 3.08. The van der Waals surface area contributed by atoms with Crippen LogP contribution in [0, 0.1) is 0 Å². The third-order valence-electron chi connectivity index (χ3n) is 1.50. The SMILES string of the molecule is ONP1CCCCC1. The first kappa shape index (κ1) is 6.47. The Labute approximate surface area is 51.0 Å². The molecule has 1 heterocycles. The van der Waals surface area contributed by atoms with Crippen LogP contribution in [0.25, 0.3) is 0 Å². The lowest BCUT2D eigenvalue weighted by molar-refractivity contribution is 0.250. The molecule has 1 aliphatic rings. The fourth-order valence-electron chi connectivity index (χ4n) is 0.994. The zero-order valence-electron chi connectivity index (χ0n) is 4.93. The topological polar surface area (TPSA) is 32.3 Å². The van der Waals surface area contributed by atoms with E-state index in [-0.39, 0.29) is 8.07 Å². The van der Waals surface area contributed by atoms with Gasteiger partial charge < -0.3 is 5.21 Å². The van der Waals surface area contributed by atoms with Gasteiger partial charge in [-0.1, -0.05) is 6.42 Å². The van der Waals surface area contributed by atoms with Gasteiger partial charge in [0.2, 0.25) is 0 Å². The number of nitrogens with one attached hydrogen (secondary N) is 1. The second kappa shape index (κ2) is 3.39. The predicted octanol–water partition coefficient (Wildman–Crippen LogP) is 1.55. The van der Waals surface area contributed by atoms with E-state index in [9.17, 15) is 0 Å². The maximum absolute atomic E-state index is 8.47. The Hall–Kier alpha value is 0.350. The monoisotopic (exact) mass is 133 g/mol. The lowest BCUT2D eigenvalue weighted by Crippen LogP contribution is -2.09. The first-order chi connectivity index (χ1) is 3.93. The van der Waals surface area contributed by atoms with Crippen molar-refractivity contribution in [3.8, 4) is 0 Å². The Morgan fingerprint density at radius 1 is 1.12 bits per heavy atom. The molecule has 0 amide bonds. The van der Waals surface area contributed by atoms with E-state index in [1.54, 1.807) is 0 Å². The van der Waals surface area contributed by atoms with Gasteiger partial charge in [-0.15, -0.1) is 0 Å². The van der Waals surface area contributed by atoms with Crippen molar-refractivity contribution < 1.29 is 5.21 Å². The molecule has 8 heavy (non-hydrogen) atoms. The highest BCUT2D eigenvalue weighted by atomic mass is 31.1. The minimum absolute atomic E-state index is 0.164. The van der Waals surface area contributed by atoms with Crippen LogP contribution in [0.5, 0.6) is 0 Å². The van der Waals surface area contributed by atoms with Gasteiger partial charge in [-0.2, -0.15) is 5.25 Å². The van der Waals surface area contributed by atoms with Crippen LogP contribution in [-0.4, -0.2) is 17.5 Å². The first-order valence-corrected chi connectivity index (χ1v) is 4.79. The van der Waals surface area contributed by atoms with Crippen LogP contribution in [-0.2, 0) is 0 Å². The fraction of sp³-hybridized carbons (Fsp3) is 1.00. The zero-order chi connectivity index (χ0) is 5.82. The number of rotatable bonds is 1. The summed E-state index contributed by atoms with van der Waals surface area (Å²) >= 11 is 0. The molecule has 48 valence electrons. The Morgan fingerprint density at radius 3 is 2.12 bits per heavy atom. The third kappa shape index (κ3) is 1.70. The van der Waals surface area contributed by atoms with Gasteiger partial charge in [0, 0.05) is 0 Å². The van der Waals surface area contributed by atoms with Crippen LogP contribution in [0.2, 0.25) is 0 Å². The minimum atomic E-state index is -0.164. The van der Waals surface area contributed by atoms with Crippen molar-refractivity contribution in [3.05, 3.63) is 0 Å². The second-order valence-electron chi connectivity index (χ2n) is 2.15. The molecule has 0 saturated carbocycles. The molecule has 1 saturated heterocycles. The summed E-state index contributed by atoms with van der Waals surface area (Å²) in [4.78, 5) is 0. The highest BCUT2D eigenvalue weighted by Crippen LogP contribution is 2.36. The van der Waals surface area contributed by atoms with Crippen LogP contribution < -0.4 is 5.25 Å². The minimum Gasteiger partial charge on any atom is -0.313 e. The van der Waals surface area contributed by atoms with E-state index in [0.717, 1.165) is 0 Å². The van der Waals surface area contributed by atoms with Gasteiger partial charge in [-0.05, 0) is 33.2 Å².